The van der Waals surface area contributed by atoms with E-state index >= 15 is 0 Å². The number of unbranched alkanes of at least 4 members (excludes halogenated alkanes) is 42. The van der Waals surface area contributed by atoms with Crippen molar-refractivity contribution in [1.29, 1.82) is 0 Å². The van der Waals surface area contributed by atoms with E-state index in [1.807, 2.05) is 0 Å². The highest BCUT2D eigenvalue weighted by Gasteiger charge is 2.30. The summed E-state index contributed by atoms with van der Waals surface area (Å²) in [6.07, 6.45) is 50.5. The van der Waals surface area contributed by atoms with Crippen LogP contribution < -0.4 is 0 Å². The van der Waals surface area contributed by atoms with Crippen LogP contribution in [0.4, 0.5) is 0 Å². The molecule has 0 amide bonds. The Balaban J connectivity index is 5.12. The van der Waals surface area contributed by atoms with Gasteiger partial charge in [-0.3, -0.25) is 37.3 Å². The van der Waals surface area contributed by atoms with Crippen LogP contribution in [0.5, 0.6) is 0 Å². The van der Waals surface area contributed by atoms with Gasteiger partial charge in [0.15, 0.2) is 12.2 Å². The number of carbonyl (C=O) groups is 4. The summed E-state index contributed by atoms with van der Waals surface area (Å²) in [5, 5.41) is 10.6. The second-order valence-corrected chi connectivity index (χ2v) is 28.7. The zero-order valence-corrected chi connectivity index (χ0v) is 59.4. The Bertz CT molecular complexity index is 1720. The summed E-state index contributed by atoms with van der Waals surface area (Å²) >= 11 is 0. The maximum absolute atomic E-state index is 13.0. The molecule has 0 aromatic carbocycles. The summed E-state index contributed by atoms with van der Waals surface area (Å²) in [5.41, 5.74) is 0. The van der Waals surface area contributed by atoms with Crippen molar-refractivity contribution in [1.82, 2.24) is 0 Å². The molecule has 3 N–H and O–H groups in total. The van der Waals surface area contributed by atoms with Gasteiger partial charge in [-0.15, -0.1) is 0 Å². The first-order valence-corrected chi connectivity index (χ1v) is 39.6. The largest absolute Gasteiger partial charge is 0.472 e. The van der Waals surface area contributed by atoms with Crippen LogP contribution in [0.25, 0.3) is 0 Å². The summed E-state index contributed by atoms with van der Waals surface area (Å²) in [7, 11) is -9.89. The van der Waals surface area contributed by atoms with Gasteiger partial charge in [0.25, 0.3) is 0 Å². The zero-order chi connectivity index (χ0) is 65.6. The Hall–Kier alpha value is -1.94. The molecule has 0 spiro atoms. The van der Waals surface area contributed by atoms with E-state index < -0.39 is 97.5 Å². The number of aliphatic hydroxyl groups excluding tert-OH is 1. The second kappa shape index (κ2) is 63.5. The number of rotatable bonds is 70. The van der Waals surface area contributed by atoms with Crippen molar-refractivity contribution in [2.24, 2.45) is 5.92 Å². The summed E-state index contributed by atoms with van der Waals surface area (Å²) in [6, 6.07) is 0. The predicted molar refractivity (Wildman–Crippen MR) is 358 cm³/mol. The number of ether oxygens (including phenoxy) is 4. The van der Waals surface area contributed by atoms with Gasteiger partial charge in [-0.2, -0.15) is 0 Å². The predicted octanol–water partition coefficient (Wildman–Crippen LogP) is 20.1. The SMILES string of the molecule is CCCCCCCCCCCCCCCCCCCCCCC(=O)O[C@H](COC(=O)CCCCCCCCCCCCCCC)COP(=O)(O)OC[C@@H](O)COP(=O)(O)OC[C@@H](COC(=O)CCCCCCC)OC(=O)CCCCCCCCCCC(C)C. The van der Waals surface area contributed by atoms with Crippen LogP contribution in [-0.2, 0) is 65.4 Å². The normalized spacial score (nSPS) is 14.1. The molecule has 89 heavy (non-hydrogen) atoms. The van der Waals surface area contributed by atoms with E-state index in [2.05, 4.69) is 34.6 Å². The van der Waals surface area contributed by atoms with E-state index in [9.17, 15) is 43.2 Å². The molecule has 2 unspecified atom stereocenters. The number of hydrogen-bond donors (Lipinski definition) is 3. The Morgan fingerprint density at radius 2 is 0.517 bits per heavy atom. The molecule has 0 saturated heterocycles. The molecule has 17 nitrogen and oxygen atoms in total. The van der Waals surface area contributed by atoms with Gasteiger partial charge in [-0.25, -0.2) is 9.13 Å². The highest BCUT2D eigenvalue weighted by molar-refractivity contribution is 7.47. The van der Waals surface area contributed by atoms with Crippen molar-refractivity contribution < 1.29 is 80.2 Å². The van der Waals surface area contributed by atoms with E-state index in [1.165, 1.54) is 180 Å². The summed E-state index contributed by atoms with van der Waals surface area (Å²) in [5.74, 6) is -1.42. The van der Waals surface area contributed by atoms with Gasteiger partial charge in [0, 0.05) is 25.7 Å². The molecule has 0 heterocycles. The monoisotopic (exact) mass is 1310 g/mol. The number of esters is 4. The van der Waals surface area contributed by atoms with E-state index in [1.54, 1.807) is 0 Å². The molecule has 19 heteroatoms. The van der Waals surface area contributed by atoms with Gasteiger partial charge in [0.1, 0.15) is 19.3 Å². The van der Waals surface area contributed by atoms with Gasteiger partial charge in [-0.05, 0) is 31.6 Å². The first-order valence-electron chi connectivity index (χ1n) is 36.6. The van der Waals surface area contributed by atoms with Gasteiger partial charge in [0.05, 0.1) is 26.4 Å². The minimum absolute atomic E-state index is 0.104. The molecule has 5 atom stereocenters. The Labute approximate surface area is 543 Å². The minimum Gasteiger partial charge on any atom is -0.462 e. The molecule has 0 aromatic heterocycles. The van der Waals surface area contributed by atoms with Crippen LogP contribution in [0.15, 0.2) is 0 Å². The third-order valence-electron chi connectivity index (χ3n) is 16.3. The van der Waals surface area contributed by atoms with Gasteiger partial charge in [0.2, 0.25) is 0 Å². The Kier molecular flexibility index (Phi) is 62.1. The fourth-order valence-corrected chi connectivity index (χ4v) is 12.2. The van der Waals surface area contributed by atoms with Crippen molar-refractivity contribution in [3.05, 3.63) is 0 Å². The topological polar surface area (TPSA) is 237 Å². The molecule has 0 aliphatic rings. The number of aliphatic hydroxyl groups is 1. The number of phosphoric acid groups is 2. The van der Waals surface area contributed by atoms with Crippen molar-refractivity contribution in [2.75, 3.05) is 39.6 Å². The fraction of sp³-hybridized carbons (Fsp3) is 0.943. The van der Waals surface area contributed by atoms with Crippen LogP contribution in [0.3, 0.4) is 0 Å². The first-order chi connectivity index (χ1) is 43.0. The van der Waals surface area contributed by atoms with Crippen LogP contribution >= 0.6 is 15.6 Å². The lowest BCUT2D eigenvalue weighted by Crippen LogP contribution is -2.30. The van der Waals surface area contributed by atoms with E-state index in [4.69, 9.17) is 37.0 Å². The summed E-state index contributed by atoms with van der Waals surface area (Å²) in [6.45, 7) is 7.11. The van der Waals surface area contributed by atoms with Gasteiger partial charge in [-0.1, -0.05) is 311 Å². The van der Waals surface area contributed by atoms with Crippen LogP contribution in [0.1, 0.15) is 362 Å². The van der Waals surface area contributed by atoms with Crippen molar-refractivity contribution in [3.8, 4) is 0 Å². The first kappa shape index (κ1) is 87.1. The third-order valence-corrected chi connectivity index (χ3v) is 18.2. The average molecular weight is 1310 g/mol. The lowest BCUT2D eigenvalue weighted by atomic mass is 10.0. The molecule has 0 aromatic rings. The van der Waals surface area contributed by atoms with Crippen LogP contribution in [0, 0.1) is 5.92 Å². The molecule has 0 bridgehead atoms. The maximum Gasteiger partial charge on any atom is 0.472 e. The highest BCUT2D eigenvalue weighted by atomic mass is 31.2. The molecule has 0 aliphatic carbocycles. The standard InChI is InChI=1S/C70H136O17P2/c1-6-9-12-15-17-19-21-23-24-25-26-27-28-29-31-33-35-40-45-50-55-69(74)87-66(60-81-68(73)54-49-44-39-34-32-30-22-20-18-16-13-10-7-2)62-85-89(78,79)83-58-64(71)57-82-88(76,77)84-61-65(59-80-67(72)53-48-42-14-11-8-3)86-70(75)56-51-46-41-37-36-38-43-47-52-63(4)5/h63-66,71H,6-62H2,1-5H3,(H,76,77)(H,78,79)/t64-,65+,66+/m0/s1. The number of phosphoric ester groups is 2. The zero-order valence-electron chi connectivity index (χ0n) is 57.6. The van der Waals surface area contributed by atoms with Crippen LogP contribution in [0.2, 0.25) is 0 Å². The average Bonchev–Trinajstić information content (AvgIpc) is 3.71. The smallest absolute Gasteiger partial charge is 0.462 e. The number of hydrogen-bond acceptors (Lipinski definition) is 15. The molecule has 0 saturated carbocycles. The molecular formula is C70H136O17P2. The second-order valence-electron chi connectivity index (χ2n) is 25.7. The quantitative estimate of drug-likeness (QED) is 0.0222. The van der Waals surface area contributed by atoms with Gasteiger partial charge < -0.3 is 33.8 Å². The fourth-order valence-electron chi connectivity index (χ4n) is 10.6. The minimum atomic E-state index is -4.95. The van der Waals surface area contributed by atoms with Crippen molar-refractivity contribution in [2.45, 2.75) is 380 Å². The molecule has 0 rings (SSSR count). The molecule has 528 valence electrons. The Morgan fingerprint density at radius 3 is 0.764 bits per heavy atom. The lowest BCUT2D eigenvalue weighted by Gasteiger charge is -2.21. The van der Waals surface area contributed by atoms with Crippen molar-refractivity contribution in [3.63, 3.8) is 0 Å². The summed E-state index contributed by atoms with van der Waals surface area (Å²) < 4.78 is 68.0. The number of carbonyl (C=O) groups excluding carboxylic acids is 4. The highest BCUT2D eigenvalue weighted by Crippen LogP contribution is 2.45. The molecule has 0 fully saturated rings. The van der Waals surface area contributed by atoms with Gasteiger partial charge >= 0.3 is 39.5 Å². The maximum atomic E-state index is 13.0. The van der Waals surface area contributed by atoms with E-state index in [0.717, 1.165) is 102 Å². The Morgan fingerprint density at radius 1 is 0.303 bits per heavy atom. The van der Waals surface area contributed by atoms with Crippen molar-refractivity contribution >= 4 is 39.5 Å². The molecule has 0 radical (unpaired) electrons. The van der Waals surface area contributed by atoms with Crippen LogP contribution in [-0.4, -0.2) is 96.7 Å². The lowest BCUT2D eigenvalue weighted by molar-refractivity contribution is -0.161. The molecular weight excluding hydrogens is 1170 g/mol. The van der Waals surface area contributed by atoms with E-state index in [0.29, 0.717) is 25.7 Å². The van der Waals surface area contributed by atoms with E-state index in [-0.39, 0.29) is 25.7 Å². The summed E-state index contributed by atoms with van der Waals surface area (Å²) in [4.78, 5) is 72.2. The molecule has 0 aliphatic heterocycles. The third kappa shape index (κ3) is 64.6.